The van der Waals surface area contributed by atoms with Crippen LogP contribution in [-0.2, 0) is 13.0 Å². The van der Waals surface area contributed by atoms with Gasteiger partial charge in [0.2, 0.25) is 5.43 Å². The predicted octanol–water partition coefficient (Wildman–Crippen LogP) is 2.63. The Morgan fingerprint density at radius 2 is 2.10 bits per heavy atom. The average molecular weight is 446 g/mol. The Morgan fingerprint density at radius 1 is 1.32 bits per heavy atom. The molecule has 1 fully saturated rings. The highest BCUT2D eigenvalue weighted by molar-refractivity contribution is 6.30. The number of hydrogen-bond acceptors (Lipinski definition) is 4. The van der Waals surface area contributed by atoms with Crippen molar-refractivity contribution in [1.29, 1.82) is 0 Å². The van der Waals surface area contributed by atoms with Crippen molar-refractivity contribution >= 4 is 23.4 Å². The lowest BCUT2D eigenvalue weighted by molar-refractivity contribution is 0.0609. The molecular weight excluding hydrogens is 425 g/mol. The van der Waals surface area contributed by atoms with Crippen molar-refractivity contribution in [2.45, 2.75) is 44.8 Å². The Bertz CT molecular complexity index is 1190. The number of carbonyl (C=O) groups excluding carboxylic acids is 2. The highest BCUT2D eigenvalue weighted by Gasteiger charge is 2.49. The number of aromatic hydroxyl groups is 1. The third-order valence-corrected chi connectivity index (χ3v) is 6.95. The average Bonchev–Trinajstić information content (AvgIpc) is 3.33. The second-order valence-electron chi connectivity index (χ2n) is 8.59. The molecule has 3 aliphatic rings. The number of nitrogens with zero attached hydrogens (tertiary/aromatic N) is 2. The zero-order chi connectivity index (χ0) is 22.0. The van der Waals surface area contributed by atoms with E-state index in [1.54, 1.807) is 15.5 Å². The minimum absolute atomic E-state index is 0.00498. The maximum absolute atomic E-state index is 14.1. The van der Waals surface area contributed by atoms with Gasteiger partial charge in [-0.3, -0.25) is 14.4 Å². The molecule has 4 heterocycles. The fraction of sp³-hybridized carbons (Fsp3) is 0.409. The summed E-state index contributed by atoms with van der Waals surface area (Å²) < 4.78 is 15.8. The summed E-state index contributed by atoms with van der Waals surface area (Å²) in [6, 6.07) is 4.38. The lowest BCUT2D eigenvalue weighted by atomic mass is 9.98. The van der Waals surface area contributed by atoms with E-state index in [9.17, 15) is 23.9 Å². The highest BCUT2D eigenvalue weighted by atomic mass is 35.5. The van der Waals surface area contributed by atoms with Gasteiger partial charge in [0.1, 0.15) is 11.4 Å². The third kappa shape index (κ3) is 2.88. The van der Waals surface area contributed by atoms with Gasteiger partial charge in [0.15, 0.2) is 11.4 Å². The van der Waals surface area contributed by atoms with Gasteiger partial charge in [-0.2, -0.15) is 0 Å². The van der Waals surface area contributed by atoms with Crippen molar-refractivity contribution in [2.24, 2.45) is 5.92 Å². The maximum Gasteiger partial charge on any atom is 0.274 e. The molecule has 0 spiro atoms. The molecule has 1 aromatic carbocycles. The molecular formula is C22H21ClFN3O4. The lowest BCUT2D eigenvalue weighted by Crippen LogP contribution is -2.48. The van der Waals surface area contributed by atoms with Gasteiger partial charge in [-0.1, -0.05) is 30.7 Å². The van der Waals surface area contributed by atoms with Crippen LogP contribution in [0.5, 0.6) is 5.75 Å². The molecule has 5 rings (SSSR count). The number of hydrogen-bond donors (Lipinski definition) is 2. The molecule has 3 atom stereocenters. The maximum atomic E-state index is 14.1. The van der Waals surface area contributed by atoms with Crippen LogP contribution in [0.3, 0.4) is 0 Å². The first kappa shape index (κ1) is 20.1. The number of fused-ring (bicyclic) bond motifs is 2. The molecule has 0 saturated carbocycles. The summed E-state index contributed by atoms with van der Waals surface area (Å²) in [5.74, 6) is -2.08. The van der Waals surface area contributed by atoms with Crippen LogP contribution < -0.4 is 10.7 Å². The summed E-state index contributed by atoms with van der Waals surface area (Å²) in [6.45, 7) is 2.50. The third-order valence-electron chi connectivity index (χ3n) is 6.65. The summed E-state index contributed by atoms with van der Waals surface area (Å²) in [5.41, 5.74) is -0.434. The van der Waals surface area contributed by atoms with Gasteiger partial charge in [0, 0.05) is 24.3 Å². The van der Waals surface area contributed by atoms with E-state index in [-0.39, 0.29) is 46.4 Å². The number of aromatic nitrogens is 1. The molecule has 9 heteroatoms. The molecule has 3 aliphatic heterocycles. The highest BCUT2D eigenvalue weighted by Crippen LogP contribution is 2.44. The zero-order valence-electron chi connectivity index (χ0n) is 16.8. The predicted molar refractivity (Wildman–Crippen MR) is 111 cm³/mol. The van der Waals surface area contributed by atoms with E-state index in [1.807, 2.05) is 0 Å². The van der Waals surface area contributed by atoms with Gasteiger partial charge < -0.3 is 19.9 Å². The summed E-state index contributed by atoms with van der Waals surface area (Å²) >= 11 is 5.78. The molecule has 31 heavy (non-hydrogen) atoms. The molecule has 2 unspecified atom stereocenters. The first-order chi connectivity index (χ1) is 14.8. The summed E-state index contributed by atoms with van der Waals surface area (Å²) in [7, 11) is 0. The monoisotopic (exact) mass is 445 g/mol. The molecule has 0 aliphatic carbocycles. The van der Waals surface area contributed by atoms with E-state index in [0.717, 1.165) is 6.42 Å². The van der Waals surface area contributed by atoms with Crippen LogP contribution in [0.4, 0.5) is 4.39 Å². The lowest BCUT2D eigenvalue weighted by Gasteiger charge is -2.38. The van der Waals surface area contributed by atoms with Crippen LogP contribution >= 0.6 is 11.6 Å². The number of pyridine rings is 1. The Morgan fingerprint density at radius 3 is 2.87 bits per heavy atom. The Hall–Kier alpha value is -2.87. The molecule has 2 N–H and O–H groups in total. The number of rotatable bonds is 3. The second kappa shape index (κ2) is 7.09. The smallest absolute Gasteiger partial charge is 0.274 e. The van der Waals surface area contributed by atoms with Gasteiger partial charge in [0.05, 0.1) is 17.1 Å². The SMILES string of the molecule is C[C@@H]1CC2C3CCc4c(C(=O)NCc5cccc(Cl)c5F)c(=O)c(O)c(n43)C(=O)N2C1. The fourth-order valence-electron chi connectivity index (χ4n) is 5.32. The first-order valence-electron chi connectivity index (χ1n) is 10.3. The van der Waals surface area contributed by atoms with Gasteiger partial charge in [-0.25, -0.2) is 4.39 Å². The van der Waals surface area contributed by atoms with Crippen molar-refractivity contribution in [3.63, 3.8) is 0 Å². The molecule has 1 aromatic heterocycles. The van der Waals surface area contributed by atoms with Crippen molar-refractivity contribution in [3.05, 3.63) is 61.8 Å². The fourth-order valence-corrected chi connectivity index (χ4v) is 5.52. The summed E-state index contributed by atoms with van der Waals surface area (Å²) in [6.07, 6.45) is 1.98. The number of halogens is 2. The Balaban J connectivity index is 1.54. The summed E-state index contributed by atoms with van der Waals surface area (Å²) in [5, 5.41) is 13.1. The van der Waals surface area contributed by atoms with Crippen LogP contribution in [0.15, 0.2) is 23.0 Å². The molecule has 1 saturated heterocycles. The molecule has 2 aromatic rings. The van der Waals surface area contributed by atoms with E-state index >= 15 is 0 Å². The zero-order valence-corrected chi connectivity index (χ0v) is 17.6. The van der Waals surface area contributed by atoms with Crippen LogP contribution in [0.2, 0.25) is 5.02 Å². The summed E-state index contributed by atoms with van der Waals surface area (Å²) in [4.78, 5) is 40.7. The van der Waals surface area contributed by atoms with Gasteiger partial charge in [-0.15, -0.1) is 0 Å². The minimum atomic E-state index is -0.870. The first-order valence-corrected chi connectivity index (χ1v) is 10.7. The number of benzene rings is 1. The second-order valence-corrected chi connectivity index (χ2v) is 8.99. The Labute approximate surface area is 182 Å². The Kier molecular flexibility index (Phi) is 4.58. The van der Waals surface area contributed by atoms with Crippen LogP contribution in [0.1, 0.15) is 57.9 Å². The van der Waals surface area contributed by atoms with Crippen LogP contribution in [0, 0.1) is 11.7 Å². The van der Waals surface area contributed by atoms with Gasteiger partial charge in [-0.05, 0) is 31.2 Å². The normalized spacial score (nSPS) is 23.6. The van der Waals surface area contributed by atoms with Gasteiger partial charge >= 0.3 is 0 Å². The van der Waals surface area contributed by atoms with E-state index in [0.29, 0.717) is 31.0 Å². The number of amides is 2. The molecule has 0 radical (unpaired) electrons. The van der Waals surface area contributed by atoms with Crippen LogP contribution in [0.25, 0.3) is 0 Å². The van der Waals surface area contributed by atoms with Crippen LogP contribution in [-0.4, -0.2) is 39.0 Å². The molecule has 7 nitrogen and oxygen atoms in total. The topological polar surface area (TPSA) is 91.6 Å². The van der Waals surface area contributed by atoms with E-state index < -0.39 is 22.9 Å². The van der Waals surface area contributed by atoms with Crippen molar-refractivity contribution < 1.29 is 19.1 Å². The quantitative estimate of drug-likeness (QED) is 0.759. The van der Waals surface area contributed by atoms with Crippen molar-refractivity contribution in [1.82, 2.24) is 14.8 Å². The standard InChI is InChI=1S/C22H21ClFN3O4/c1-10-7-15-13-5-6-14-16(21(30)25-8-11-3-2-4-12(23)17(11)24)19(28)20(29)18(27(13)14)22(31)26(15)9-10/h2-4,10,13,15,29H,5-9H2,1H3,(H,25,30)/t10-,13?,15?/m1/s1. The minimum Gasteiger partial charge on any atom is -0.503 e. The van der Waals surface area contributed by atoms with Gasteiger partial charge in [0.25, 0.3) is 11.8 Å². The number of carbonyl (C=O) groups is 2. The number of nitrogens with one attached hydrogen (secondary N) is 1. The van der Waals surface area contributed by atoms with E-state index in [4.69, 9.17) is 11.6 Å². The largest absolute Gasteiger partial charge is 0.503 e. The van der Waals surface area contributed by atoms with E-state index in [1.165, 1.54) is 12.1 Å². The molecule has 0 bridgehead atoms. The van der Waals surface area contributed by atoms with Crippen molar-refractivity contribution in [2.75, 3.05) is 6.54 Å². The van der Waals surface area contributed by atoms with E-state index in [2.05, 4.69) is 12.2 Å². The van der Waals surface area contributed by atoms with Crippen molar-refractivity contribution in [3.8, 4) is 5.75 Å². The molecule has 2 amide bonds. The molecule has 162 valence electrons.